The van der Waals surface area contributed by atoms with Crippen molar-refractivity contribution in [2.75, 3.05) is 0 Å². The van der Waals surface area contributed by atoms with Crippen molar-refractivity contribution in [1.82, 2.24) is 0 Å². The van der Waals surface area contributed by atoms with Crippen LogP contribution in [0.15, 0.2) is 51.7 Å². The van der Waals surface area contributed by atoms with E-state index in [1.165, 1.54) is 12.1 Å². The monoisotopic (exact) mass is 446 g/mol. The molecule has 2 heterocycles. The highest BCUT2D eigenvalue weighted by Crippen LogP contribution is 2.34. The first-order chi connectivity index (χ1) is 15.2. The Morgan fingerprint density at radius 1 is 0.906 bits per heavy atom. The number of aromatic hydroxyl groups is 2. The fourth-order valence-corrected chi connectivity index (χ4v) is 3.35. The van der Waals surface area contributed by atoms with Gasteiger partial charge in [-0.15, -0.1) is 0 Å². The first-order valence-electron chi connectivity index (χ1n) is 9.36. The van der Waals surface area contributed by atoms with Gasteiger partial charge < -0.3 is 44.5 Å². The van der Waals surface area contributed by atoms with Gasteiger partial charge in [-0.1, -0.05) is 12.1 Å². The van der Waals surface area contributed by atoms with Crippen molar-refractivity contribution in [2.45, 2.75) is 30.7 Å². The molecule has 6 N–H and O–H groups in total. The zero-order valence-electron chi connectivity index (χ0n) is 16.2. The van der Waals surface area contributed by atoms with Crippen LogP contribution >= 0.6 is 0 Å². The van der Waals surface area contributed by atoms with Crippen LogP contribution in [-0.4, -0.2) is 67.3 Å². The molecule has 168 valence electrons. The second-order valence-corrected chi connectivity index (χ2v) is 7.15. The maximum Gasteiger partial charge on any atom is 0.343 e. The number of benzene rings is 2. The van der Waals surface area contributed by atoms with Gasteiger partial charge in [0.1, 0.15) is 52.3 Å². The number of hydrogen-bond acceptors (Lipinski definition) is 11. The number of fused-ring (bicyclic) bond motifs is 1. The number of phenols is 2. The Balaban J connectivity index is 1.69. The van der Waals surface area contributed by atoms with Crippen molar-refractivity contribution in [1.29, 1.82) is 0 Å². The number of aliphatic hydroxyl groups excluding tert-OH is 4. The van der Waals surface area contributed by atoms with Crippen molar-refractivity contribution in [3.63, 3.8) is 0 Å². The van der Waals surface area contributed by atoms with E-state index >= 15 is 0 Å². The largest absolute Gasteiger partial charge is 0.507 e. The SMILES string of the molecule is O=C(Oc1cc(O)c2c(=O)cc(-c3ccccc3O)oc2c1)[C@@H]1O[C@H](O)[C@@H](O)[C@H](O)[C@H]1O. The molecule has 1 saturated heterocycles. The molecule has 1 aromatic heterocycles. The molecule has 1 aliphatic rings. The molecule has 32 heavy (non-hydrogen) atoms. The molecule has 0 aliphatic carbocycles. The summed E-state index contributed by atoms with van der Waals surface area (Å²) in [5.74, 6) is -2.27. The molecule has 0 radical (unpaired) electrons. The molecule has 0 bridgehead atoms. The van der Waals surface area contributed by atoms with Gasteiger partial charge in [0.05, 0.1) is 5.56 Å². The number of carbonyl (C=O) groups excluding carboxylic acids is 1. The Morgan fingerprint density at radius 2 is 1.62 bits per heavy atom. The maximum atomic E-state index is 12.5. The first-order valence-corrected chi connectivity index (χ1v) is 9.36. The predicted octanol–water partition coefficient (Wildman–Crippen LogP) is -0.424. The van der Waals surface area contributed by atoms with Crippen LogP contribution in [0.3, 0.4) is 0 Å². The van der Waals surface area contributed by atoms with Crippen LogP contribution in [0.2, 0.25) is 0 Å². The second-order valence-electron chi connectivity index (χ2n) is 7.15. The summed E-state index contributed by atoms with van der Waals surface area (Å²) < 4.78 is 15.5. The molecule has 0 saturated carbocycles. The number of aliphatic hydroxyl groups is 4. The third-order valence-electron chi connectivity index (χ3n) is 4.99. The van der Waals surface area contributed by atoms with E-state index in [1.54, 1.807) is 12.1 Å². The van der Waals surface area contributed by atoms with Crippen molar-refractivity contribution < 1.29 is 49.3 Å². The highest BCUT2D eigenvalue weighted by Gasteiger charge is 2.47. The van der Waals surface area contributed by atoms with Gasteiger partial charge >= 0.3 is 5.97 Å². The Morgan fingerprint density at radius 3 is 2.34 bits per heavy atom. The van der Waals surface area contributed by atoms with E-state index in [1.807, 2.05) is 0 Å². The van der Waals surface area contributed by atoms with Crippen LogP contribution in [0.4, 0.5) is 0 Å². The Hall–Kier alpha value is -3.48. The van der Waals surface area contributed by atoms with Crippen LogP contribution in [-0.2, 0) is 9.53 Å². The molecule has 4 rings (SSSR count). The van der Waals surface area contributed by atoms with Gasteiger partial charge in [0, 0.05) is 18.2 Å². The summed E-state index contributed by atoms with van der Waals surface area (Å²) in [4.78, 5) is 24.9. The van der Waals surface area contributed by atoms with Crippen molar-refractivity contribution in [2.24, 2.45) is 0 Å². The van der Waals surface area contributed by atoms with Gasteiger partial charge in [-0.05, 0) is 12.1 Å². The normalized spacial score (nSPS) is 25.6. The van der Waals surface area contributed by atoms with Gasteiger partial charge in [-0.3, -0.25) is 4.79 Å². The van der Waals surface area contributed by atoms with E-state index in [-0.39, 0.29) is 33.8 Å². The Labute approximate surface area is 178 Å². The maximum absolute atomic E-state index is 12.5. The van der Waals surface area contributed by atoms with Gasteiger partial charge in [0.2, 0.25) is 0 Å². The first kappa shape index (κ1) is 21.7. The minimum absolute atomic E-state index is 0.00487. The molecule has 1 fully saturated rings. The molecule has 3 aromatic rings. The van der Waals surface area contributed by atoms with E-state index in [2.05, 4.69) is 0 Å². The zero-order chi connectivity index (χ0) is 23.2. The summed E-state index contributed by atoms with van der Waals surface area (Å²) >= 11 is 0. The van der Waals surface area contributed by atoms with Gasteiger partial charge in [-0.2, -0.15) is 0 Å². The lowest BCUT2D eigenvalue weighted by Crippen LogP contribution is -2.60. The lowest BCUT2D eigenvalue weighted by Gasteiger charge is -2.36. The smallest absolute Gasteiger partial charge is 0.343 e. The molecular weight excluding hydrogens is 428 g/mol. The average Bonchev–Trinajstić information content (AvgIpc) is 2.74. The molecule has 2 aromatic carbocycles. The van der Waals surface area contributed by atoms with Crippen LogP contribution in [0.25, 0.3) is 22.3 Å². The number of para-hydroxylation sites is 1. The molecule has 11 nitrogen and oxygen atoms in total. The second kappa shape index (κ2) is 8.22. The predicted molar refractivity (Wildman–Crippen MR) is 106 cm³/mol. The van der Waals surface area contributed by atoms with Gasteiger partial charge in [0.15, 0.2) is 17.8 Å². The third-order valence-corrected chi connectivity index (χ3v) is 4.99. The summed E-state index contributed by atoms with van der Waals surface area (Å²) in [6, 6.07) is 9.26. The van der Waals surface area contributed by atoms with E-state index in [4.69, 9.17) is 13.9 Å². The zero-order valence-corrected chi connectivity index (χ0v) is 16.2. The molecule has 0 spiro atoms. The van der Waals surface area contributed by atoms with E-state index in [0.29, 0.717) is 0 Å². The highest BCUT2D eigenvalue weighted by atomic mass is 16.7. The van der Waals surface area contributed by atoms with E-state index < -0.39 is 47.9 Å². The molecule has 11 heteroatoms. The average molecular weight is 446 g/mol. The third kappa shape index (κ3) is 3.79. The van der Waals surface area contributed by atoms with Crippen LogP contribution in [0.5, 0.6) is 17.2 Å². The Bertz CT molecular complexity index is 1230. The van der Waals surface area contributed by atoms with Crippen molar-refractivity contribution in [3.05, 3.63) is 52.7 Å². The highest BCUT2D eigenvalue weighted by molar-refractivity contribution is 5.87. The molecule has 5 atom stereocenters. The fraction of sp³-hybridized carbons (Fsp3) is 0.238. The topological polar surface area (TPSA) is 187 Å². The number of rotatable bonds is 3. The van der Waals surface area contributed by atoms with Crippen LogP contribution in [0.1, 0.15) is 0 Å². The number of phenolic OH excluding ortho intramolecular Hbond substituents is 2. The van der Waals surface area contributed by atoms with E-state index in [9.17, 15) is 40.2 Å². The number of carbonyl (C=O) groups is 1. The fourth-order valence-electron chi connectivity index (χ4n) is 3.35. The van der Waals surface area contributed by atoms with Crippen LogP contribution in [0, 0.1) is 0 Å². The Kier molecular flexibility index (Phi) is 5.59. The van der Waals surface area contributed by atoms with Crippen molar-refractivity contribution >= 4 is 16.9 Å². The summed E-state index contributed by atoms with van der Waals surface area (Å²) in [6.45, 7) is 0. The lowest BCUT2D eigenvalue weighted by molar-refractivity contribution is -0.279. The summed E-state index contributed by atoms with van der Waals surface area (Å²) in [5.41, 5.74) is -0.570. The summed E-state index contributed by atoms with van der Waals surface area (Å²) in [5, 5.41) is 58.8. The molecule has 1 aliphatic heterocycles. The van der Waals surface area contributed by atoms with Crippen LogP contribution < -0.4 is 10.2 Å². The van der Waals surface area contributed by atoms with Gasteiger partial charge in [-0.25, -0.2) is 4.79 Å². The minimum Gasteiger partial charge on any atom is -0.507 e. The molecule has 0 amide bonds. The molecular formula is C21H18O11. The van der Waals surface area contributed by atoms with Gasteiger partial charge in [0.25, 0.3) is 0 Å². The number of esters is 1. The quantitative estimate of drug-likeness (QED) is 0.226. The number of ether oxygens (including phenoxy) is 2. The summed E-state index contributed by atoms with van der Waals surface area (Å²) in [7, 11) is 0. The number of hydrogen-bond donors (Lipinski definition) is 6. The van der Waals surface area contributed by atoms with Crippen molar-refractivity contribution in [3.8, 4) is 28.6 Å². The summed E-state index contributed by atoms with van der Waals surface area (Å²) in [6.07, 6.45) is -9.40. The minimum atomic E-state index is -1.95. The lowest BCUT2D eigenvalue weighted by atomic mass is 9.99. The standard InChI is InChI=1S/C21H18O11/c22-10-4-2-1-3-9(10)13-7-12(24)15-11(23)5-8(6-14(15)31-13)30-21(29)19-17(26)16(25)18(27)20(28)32-19/h1-7,16-20,22-23,25-28H/t16-,17-,18+,19-,20+/m1/s1. The molecule has 0 unspecified atom stereocenters. The van der Waals surface area contributed by atoms with E-state index in [0.717, 1.165) is 18.2 Å².